The lowest BCUT2D eigenvalue weighted by atomic mass is 9.80. The molecule has 1 saturated carbocycles. The summed E-state index contributed by atoms with van der Waals surface area (Å²) >= 11 is 0. The van der Waals surface area contributed by atoms with Crippen molar-refractivity contribution >= 4 is 5.91 Å². The minimum Gasteiger partial charge on any atom is -0.376 e. The molecule has 0 atom stereocenters. The lowest BCUT2D eigenvalue weighted by Crippen LogP contribution is -2.49. The first-order valence-corrected chi connectivity index (χ1v) is 6.77. The minimum absolute atomic E-state index is 0.0518. The first-order chi connectivity index (χ1) is 8.24. The SMILES string of the molecule is COC1(CNC(=O)CC2CCNCC2)CCC1. The molecule has 2 fully saturated rings. The van der Waals surface area contributed by atoms with Crippen LogP contribution in [0.25, 0.3) is 0 Å². The Balaban J connectivity index is 1.66. The van der Waals surface area contributed by atoms with Crippen molar-refractivity contribution in [2.75, 3.05) is 26.7 Å². The monoisotopic (exact) mass is 240 g/mol. The van der Waals surface area contributed by atoms with E-state index in [4.69, 9.17) is 4.74 Å². The highest BCUT2D eigenvalue weighted by Gasteiger charge is 2.37. The number of piperidine rings is 1. The summed E-state index contributed by atoms with van der Waals surface area (Å²) in [6.45, 7) is 2.80. The zero-order valence-corrected chi connectivity index (χ0v) is 10.8. The van der Waals surface area contributed by atoms with Gasteiger partial charge in [-0.25, -0.2) is 0 Å². The molecule has 0 aromatic carbocycles. The minimum atomic E-state index is -0.0518. The van der Waals surface area contributed by atoms with Gasteiger partial charge in [-0.05, 0) is 51.1 Å². The molecule has 4 heteroatoms. The molecular formula is C13H24N2O2. The van der Waals surface area contributed by atoms with Gasteiger partial charge < -0.3 is 15.4 Å². The summed E-state index contributed by atoms with van der Waals surface area (Å²) in [7, 11) is 1.75. The average Bonchev–Trinajstić information content (AvgIpc) is 2.29. The predicted molar refractivity (Wildman–Crippen MR) is 66.8 cm³/mol. The summed E-state index contributed by atoms with van der Waals surface area (Å²) in [6, 6.07) is 0. The zero-order chi connectivity index (χ0) is 12.1. The van der Waals surface area contributed by atoms with Crippen molar-refractivity contribution in [2.45, 2.75) is 44.1 Å². The van der Waals surface area contributed by atoms with E-state index < -0.39 is 0 Å². The normalized spacial score (nSPS) is 24.1. The summed E-state index contributed by atoms with van der Waals surface area (Å²) < 4.78 is 5.49. The van der Waals surface area contributed by atoms with Gasteiger partial charge in [0.2, 0.25) is 5.91 Å². The quantitative estimate of drug-likeness (QED) is 0.755. The fraction of sp³-hybridized carbons (Fsp3) is 0.923. The van der Waals surface area contributed by atoms with Crippen LogP contribution < -0.4 is 10.6 Å². The average molecular weight is 240 g/mol. The van der Waals surface area contributed by atoms with E-state index in [2.05, 4.69) is 10.6 Å². The highest BCUT2D eigenvalue weighted by Crippen LogP contribution is 2.34. The standard InChI is InChI=1S/C13H24N2O2/c1-17-13(5-2-6-13)10-15-12(16)9-11-3-7-14-8-4-11/h11,14H,2-10H2,1H3,(H,15,16). The van der Waals surface area contributed by atoms with Crippen molar-refractivity contribution in [2.24, 2.45) is 5.92 Å². The van der Waals surface area contributed by atoms with Crippen LogP contribution in [0.3, 0.4) is 0 Å². The van der Waals surface area contributed by atoms with Gasteiger partial charge in [-0.1, -0.05) is 0 Å². The molecule has 2 N–H and O–H groups in total. The van der Waals surface area contributed by atoms with Gasteiger partial charge in [0, 0.05) is 20.1 Å². The van der Waals surface area contributed by atoms with E-state index in [1.165, 1.54) is 6.42 Å². The number of hydrogen-bond donors (Lipinski definition) is 2. The Bertz CT molecular complexity index is 253. The van der Waals surface area contributed by atoms with E-state index in [-0.39, 0.29) is 11.5 Å². The van der Waals surface area contributed by atoms with E-state index >= 15 is 0 Å². The Morgan fingerprint density at radius 3 is 2.65 bits per heavy atom. The van der Waals surface area contributed by atoms with Crippen LogP contribution in [-0.2, 0) is 9.53 Å². The van der Waals surface area contributed by atoms with Crippen LogP contribution in [0, 0.1) is 5.92 Å². The number of amides is 1. The largest absolute Gasteiger partial charge is 0.376 e. The molecule has 1 heterocycles. The molecule has 0 spiro atoms. The second-order valence-electron chi connectivity index (χ2n) is 5.41. The highest BCUT2D eigenvalue weighted by atomic mass is 16.5. The van der Waals surface area contributed by atoms with Gasteiger partial charge in [-0.3, -0.25) is 4.79 Å². The Morgan fingerprint density at radius 1 is 1.41 bits per heavy atom. The molecule has 0 radical (unpaired) electrons. The van der Waals surface area contributed by atoms with Crippen LogP contribution in [0.4, 0.5) is 0 Å². The number of methoxy groups -OCH3 is 1. The predicted octanol–water partition coefficient (Wildman–Crippen LogP) is 1.06. The number of ether oxygens (including phenoxy) is 1. The molecule has 2 aliphatic rings. The molecule has 17 heavy (non-hydrogen) atoms. The van der Waals surface area contributed by atoms with E-state index in [1.54, 1.807) is 7.11 Å². The van der Waals surface area contributed by atoms with Crippen LogP contribution in [0.1, 0.15) is 38.5 Å². The molecule has 1 saturated heterocycles. The van der Waals surface area contributed by atoms with Crippen molar-refractivity contribution in [3.8, 4) is 0 Å². The molecule has 0 bridgehead atoms. The van der Waals surface area contributed by atoms with Gasteiger partial charge in [0.15, 0.2) is 0 Å². The fourth-order valence-electron chi connectivity index (χ4n) is 2.70. The van der Waals surface area contributed by atoms with Gasteiger partial charge in [0.05, 0.1) is 5.60 Å². The number of carbonyl (C=O) groups is 1. The number of rotatable bonds is 5. The third-order valence-corrected chi connectivity index (χ3v) is 4.24. The first kappa shape index (κ1) is 12.8. The zero-order valence-electron chi connectivity index (χ0n) is 10.8. The summed E-state index contributed by atoms with van der Waals surface area (Å²) in [5.74, 6) is 0.761. The maximum Gasteiger partial charge on any atom is 0.220 e. The second kappa shape index (κ2) is 5.83. The molecule has 98 valence electrons. The smallest absolute Gasteiger partial charge is 0.220 e. The van der Waals surface area contributed by atoms with Gasteiger partial charge >= 0.3 is 0 Å². The van der Waals surface area contributed by atoms with Gasteiger partial charge in [0.1, 0.15) is 0 Å². The number of carbonyl (C=O) groups excluding carboxylic acids is 1. The number of hydrogen-bond acceptors (Lipinski definition) is 3. The Hall–Kier alpha value is -0.610. The van der Waals surface area contributed by atoms with E-state index in [0.717, 1.165) is 38.8 Å². The van der Waals surface area contributed by atoms with Crippen LogP contribution in [-0.4, -0.2) is 38.3 Å². The lowest BCUT2D eigenvalue weighted by Gasteiger charge is -2.40. The first-order valence-electron chi connectivity index (χ1n) is 6.77. The summed E-state index contributed by atoms with van der Waals surface area (Å²) in [5.41, 5.74) is -0.0518. The van der Waals surface area contributed by atoms with E-state index in [0.29, 0.717) is 18.9 Å². The Labute approximate surface area is 103 Å². The van der Waals surface area contributed by atoms with Crippen LogP contribution >= 0.6 is 0 Å². The number of nitrogens with one attached hydrogen (secondary N) is 2. The van der Waals surface area contributed by atoms with Crippen molar-refractivity contribution < 1.29 is 9.53 Å². The molecule has 2 rings (SSSR count). The molecule has 0 aromatic heterocycles. The van der Waals surface area contributed by atoms with Crippen LogP contribution in [0.15, 0.2) is 0 Å². The highest BCUT2D eigenvalue weighted by molar-refractivity contribution is 5.76. The van der Waals surface area contributed by atoms with Gasteiger partial charge in [-0.15, -0.1) is 0 Å². The van der Waals surface area contributed by atoms with E-state index in [9.17, 15) is 4.79 Å². The Kier molecular flexibility index (Phi) is 4.40. The van der Waals surface area contributed by atoms with Crippen molar-refractivity contribution in [3.05, 3.63) is 0 Å². The molecule has 0 aromatic rings. The maximum atomic E-state index is 11.8. The van der Waals surface area contributed by atoms with Crippen LogP contribution in [0.2, 0.25) is 0 Å². The third kappa shape index (κ3) is 3.42. The summed E-state index contributed by atoms with van der Waals surface area (Å²) in [6.07, 6.45) is 6.32. The molecular weight excluding hydrogens is 216 g/mol. The molecule has 4 nitrogen and oxygen atoms in total. The van der Waals surface area contributed by atoms with Gasteiger partial charge in [-0.2, -0.15) is 0 Å². The van der Waals surface area contributed by atoms with Crippen LogP contribution in [0.5, 0.6) is 0 Å². The molecule has 0 unspecified atom stereocenters. The lowest BCUT2D eigenvalue weighted by molar-refractivity contribution is -0.125. The van der Waals surface area contributed by atoms with Crippen molar-refractivity contribution in [1.29, 1.82) is 0 Å². The maximum absolute atomic E-state index is 11.8. The molecule has 1 amide bonds. The molecule has 1 aliphatic heterocycles. The topological polar surface area (TPSA) is 50.4 Å². The fourth-order valence-corrected chi connectivity index (χ4v) is 2.70. The summed E-state index contributed by atoms with van der Waals surface area (Å²) in [5, 5.41) is 6.36. The van der Waals surface area contributed by atoms with Gasteiger partial charge in [0.25, 0.3) is 0 Å². The second-order valence-corrected chi connectivity index (χ2v) is 5.41. The van der Waals surface area contributed by atoms with Crippen molar-refractivity contribution in [1.82, 2.24) is 10.6 Å². The van der Waals surface area contributed by atoms with Crippen molar-refractivity contribution in [3.63, 3.8) is 0 Å². The van der Waals surface area contributed by atoms with E-state index in [1.807, 2.05) is 0 Å². The Morgan fingerprint density at radius 2 is 2.12 bits per heavy atom. The third-order valence-electron chi connectivity index (χ3n) is 4.24. The molecule has 1 aliphatic carbocycles. The summed E-state index contributed by atoms with van der Waals surface area (Å²) in [4.78, 5) is 11.8.